The normalized spacial score (nSPS) is 14.4. The lowest BCUT2D eigenvalue weighted by atomic mass is 9.86. The van der Waals surface area contributed by atoms with Crippen molar-refractivity contribution >= 4 is 0 Å². The predicted molar refractivity (Wildman–Crippen MR) is 152 cm³/mol. The van der Waals surface area contributed by atoms with Crippen molar-refractivity contribution in [2.24, 2.45) is 0 Å². The topological polar surface area (TPSA) is 27.7 Å². The summed E-state index contributed by atoms with van der Waals surface area (Å²) >= 11 is 0. The van der Waals surface area contributed by atoms with E-state index in [2.05, 4.69) is 64.1 Å². The zero-order valence-corrected chi connectivity index (χ0v) is 22.4. The van der Waals surface area contributed by atoms with Gasteiger partial charge in [-0.05, 0) is 86.3 Å². The van der Waals surface area contributed by atoms with Gasteiger partial charge in [0.2, 0.25) is 0 Å². The van der Waals surface area contributed by atoms with E-state index in [-0.39, 0.29) is 0 Å². The number of hydrogen-bond acceptors (Lipinski definition) is 3. The first-order valence-electron chi connectivity index (χ1n) is 13.3. The third-order valence-corrected chi connectivity index (χ3v) is 6.75. The largest absolute Gasteiger partial charge is 0.457 e. The molecule has 0 amide bonds. The van der Waals surface area contributed by atoms with Gasteiger partial charge in [-0.25, -0.2) is 0 Å². The average Bonchev–Trinajstić information content (AvgIpc) is 2.90. The highest BCUT2D eigenvalue weighted by molar-refractivity contribution is 5.38. The van der Waals surface area contributed by atoms with Crippen molar-refractivity contribution in [2.45, 2.75) is 64.6 Å². The molecule has 2 unspecified atom stereocenters. The molecular formula is C34H38O3. The highest BCUT2D eigenvalue weighted by Crippen LogP contribution is 2.43. The molecule has 3 nitrogen and oxygen atoms in total. The Kier molecular flexibility index (Phi) is 8.68. The molecule has 2 atom stereocenters. The zero-order chi connectivity index (χ0) is 26.1. The molecule has 192 valence electrons. The van der Waals surface area contributed by atoms with E-state index in [4.69, 9.17) is 14.2 Å². The second-order valence-corrected chi connectivity index (χ2v) is 9.95. The minimum absolute atomic E-state index is 0.495. The molecule has 0 fully saturated rings. The van der Waals surface area contributed by atoms with Crippen molar-refractivity contribution in [1.29, 1.82) is 0 Å². The molecule has 0 saturated heterocycles. The van der Waals surface area contributed by atoms with Gasteiger partial charge in [0.25, 0.3) is 0 Å². The van der Waals surface area contributed by atoms with Crippen LogP contribution < -0.4 is 9.47 Å². The highest BCUT2D eigenvalue weighted by Gasteiger charge is 2.38. The van der Waals surface area contributed by atoms with Crippen molar-refractivity contribution in [3.05, 3.63) is 120 Å². The van der Waals surface area contributed by atoms with E-state index in [1.54, 1.807) is 0 Å². The lowest BCUT2D eigenvalue weighted by Gasteiger charge is -2.41. The van der Waals surface area contributed by atoms with Gasteiger partial charge in [-0.15, -0.1) is 0 Å². The summed E-state index contributed by atoms with van der Waals surface area (Å²) in [6.45, 7) is 8.82. The molecular weight excluding hydrogens is 456 g/mol. The Balaban J connectivity index is 1.64. The third kappa shape index (κ3) is 6.81. The van der Waals surface area contributed by atoms with E-state index in [9.17, 15) is 0 Å². The zero-order valence-electron chi connectivity index (χ0n) is 22.4. The molecule has 0 spiro atoms. The molecule has 0 N–H and O–H groups in total. The third-order valence-electron chi connectivity index (χ3n) is 6.75. The lowest BCUT2D eigenvalue weighted by molar-refractivity contribution is -0.159. The monoisotopic (exact) mass is 494 g/mol. The Morgan fingerprint density at radius 2 is 0.865 bits per heavy atom. The average molecular weight is 495 g/mol. The summed E-state index contributed by atoms with van der Waals surface area (Å²) in [5.74, 6) is 3.27. The first-order valence-corrected chi connectivity index (χ1v) is 13.3. The fourth-order valence-electron chi connectivity index (χ4n) is 4.99. The second kappa shape index (κ2) is 12.1. The van der Waals surface area contributed by atoms with Crippen LogP contribution in [0.4, 0.5) is 0 Å². The molecule has 0 aliphatic rings. The van der Waals surface area contributed by atoms with Gasteiger partial charge < -0.3 is 14.2 Å². The Morgan fingerprint density at radius 3 is 1.24 bits per heavy atom. The molecule has 4 rings (SSSR count). The standard InChI is InChI=1S/C34H38O3/c1-5-23-33(3,27-15-13-21-31(25-27)35-29-17-9-7-10-18-29)37-34(4,24-6-2)28-16-14-22-32(26-28)36-30-19-11-8-12-20-30/h7-22,25-26H,5-6,23-24H2,1-4H3. The van der Waals surface area contributed by atoms with Crippen LogP contribution in [0.2, 0.25) is 0 Å². The fourth-order valence-corrected chi connectivity index (χ4v) is 4.99. The molecule has 0 bridgehead atoms. The molecule has 0 radical (unpaired) electrons. The van der Waals surface area contributed by atoms with Crippen LogP contribution in [0.25, 0.3) is 0 Å². The number of hydrogen-bond donors (Lipinski definition) is 0. The van der Waals surface area contributed by atoms with Gasteiger partial charge in [-0.2, -0.15) is 0 Å². The molecule has 0 aromatic heterocycles. The van der Waals surface area contributed by atoms with Crippen LogP contribution in [0, 0.1) is 0 Å². The number of rotatable bonds is 12. The van der Waals surface area contributed by atoms with E-state index in [0.717, 1.165) is 59.8 Å². The van der Waals surface area contributed by atoms with E-state index in [0.29, 0.717) is 0 Å². The predicted octanol–water partition coefficient (Wildman–Crippen LogP) is 10.0. The van der Waals surface area contributed by atoms with Gasteiger partial charge in [0.05, 0.1) is 11.2 Å². The quantitative estimate of drug-likeness (QED) is 0.196. The molecule has 0 saturated carbocycles. The van der Waals surface area contributed by atoms with E-state index < -0.39 is 11.2 Å². The number of para-hydroxylation sites is 2. The summed E-state index contributed by atoms with van der Waals surface area (Å²) in [6, 6.07) is 36.4. The van der Waals surface area contributed by atoms with Gasteiger partial charge in [-0.3, -0.25) is 0 Å². The smallest absolute Gasteiger partial charge is 0.127 e. The highest BCUT2D eigenvalue weighted by atomic mass is 16.5. The van der Waals surface area contributed by atoms with Crippen molar-refractivity contribution in [2.75, 3.05) is 0 Å². The molecule has 4 aromatic rings. The maximum absolute atomic E-state index is 7.18. The Morgan fingerprint density at radius 1 is 0.486 bits per heavy atom. The van der Waals surface area contributed by atoms with E-state index in [1.807, 2.05) is 72.8 Å². The SMILES string of the molecule is CCCC(C)(OC(C)(CCC)c1cccc(Oc2ccccc2)c1)c1cccc(Oc2ccccc2)c1. The molecule has 4 aromatic carbocycles. The van der Waals surface area contributed by atoms with E-state index >= 15 is 0 Å². The van der Waals surface area contributed by atoms with Gasteiger partial charge in [-0.1, -0.05) is 87.4 Å². The van der Waals surface area contributed by atoms with Gasteiger partial charge in [0, 0.05) is 0 Å². The lowest BCUT2D eigenvalue weighted by Crippen LogP contribution is -2.37. The molecule has 3 heteroatoms. The number of ether oxygens (including phenoxy) is 3. The molecule has 37 heavy (non-hydrogen) atoms. The molecule has 0 heterocycles. The van der Waals surface area contributed by atoms with Gasteiger partial charge >= 0.3 is 0 Å². The van der Waals surface area contributed by atoms with Crippen LogP contribution in [0.5, 0.6) is 23.0 Å². The first kappa shape index (κ1) is 26.5. The van der Waals surface area contributed by atoms with Crippen molar-refractivity contribution in [3.63, 3.8) is 0 Å². The first-order chi connectivity index (χ1) is 17.9. The fraction of sp³-hybridized carbons (Fsp3) is 0.294. The molecule has 0 aliphatic carbocycles. The van der Waals surface area contributed by atoms with Gasteiger partial charge in [0.1, 0.15) is 23.0 Å². The van der Waals surface area contributed by atoms with Gasteiger partial charge in [0.15, 0.2) is 0 Å². The number of benzene rings is 4. The van der Waals surface area contributed by atoms with Crippen LogP contribution in [-0.2, 0) is 15.9 Å². The minimum atomic E-state index is -0.495. The van der Waals surface area contributed by atoms with Crippen LogP contribution >= 0.6 is 0 Å². The summed E-state index contributed by atoms with van der Waals surface area (Å²) in [4.78, 5) is 0. The second-order valence-electron chi connectivity index (χ2n) is 9.95. The summed E-state index contributed by atoms with van der Waals surface area (Å²) in [5.41, 5.74) is 1.24. The van der Waals surface area contributed by atoms with Crippen LogP contribution in [0.3, 0.4) is 0 Å². The van der Waals surface area contributed by atoms with Crippen molar-refractivity contribution < 1.29 is 14.2 Å². The maximum Gasteiger partial charge on any atom is 0.127 e. The summed E-state index contributed by atoms with van der Waals surface area (Å²) < 4.78 is 19.5. The van der Waals surface area contributed by atoms with Crippen molar-refractivity contribution in [1.82, 2.24) is 0 Å². The Labute approximate surface area is 222 Å². The maximum atomic E-state index is 7.18. The summed E-state index contributed by atoms with van der Waals surface area (Å²) in [5, 5.41) is 0. The Bertz CT molecular complexity index is 1160. The van der Waals surface area contributed by atoms with Crippen molar-refractivity contribution in [3.8, 4) is 23.0 Å². The molecule has 0 aliphatic heterocycles. The van der Waals surface area contributed by atoms with Crippen LogP contribution in [-0.4, -0.2) is 0 Å². The van der Waals surface area contributed by atoms with E-state index in [1.165, 1.54) is 0 Å². The van der Waals surface area contributed by atoms with Crippen LogP contribution in [0.15, 0.2) is 109 Å². The summed E-state index contributed by atoms with van der Waals surface area (Å²) in [6.07, 6.45) is 3.78. The Hall–Kier alpha value is -3.56. The minimum Gasteiger partial charge on any atom is -0.457 e. The van der Waals surface area contributed by atoms with Crippen LogP contribution in [0.1, 0.15) is 64.5 Å². The summed E-state index contributed by atoms with van der Waals surface area (Å²) in [7, 11) is 0.